The van der Waals surface area contributed by atoms with Crippen LogP contribution in [0.1, 0.15) is 457 Å². The lowest BCUT2D eigenvalue weighted by molar-refractivity contribution is -0.870. The van der Waals surface area contributed by atoms with Gasteiger partial charge in [-0.15, -0.1) is 0 Å². The Morgan fingerprint density at radius 2 is 0.602 bits per heavy atom. The van der Waals surface area contributed by atoms with Crippen LogP contribution in [0.3, 0.4) is 0 Å². The highest BCUT2D eigenvalue weighted by atomic mass is 31.2. The highest BCUT2D eigenvalue weighted by molar-refractivity contribution is 7.45. The maximum Gasteiger partial charge on any atom is 0.268 e. The quantitative estimate of drug-likeness (QED) is 0.0272. The van der Waals surface area contributed by atoms with Crippen LogP contribution in [-0.2, 0) is 18.4 Å². The lowest BCUT2D eigenvalue weighted by atomic mass is 10.0. The Morgan fingerprint density at radius 3 is 0.871 bits per heavy atom. The minimum Gasteiger partial charge on any atom is -0.756 e. The molecular weight excluding hydrogens is 1160 g/mol. The van der Waals surface area contributed by atoms with Crippen LogP contribution in [-0.4, -0.2) is 68.5 Å². The number of hydrogen-bond donors (Lipinski definition) is 2. The van der Waals surface area contributed by atoms with Gasteiger partial charge in [-0.25, -0.2) is 0 Å². The van der Waals surface area contributed by atoms with Gasteiger partial charge in [-0.05, 0) is 32.1 Å². The number of likely N-dealkylation sites (N-methyl/N-ethyl adjacent to an activating group) is 1. The van der Waals surface area contributed by atoms with Crippen molar-refractivity contribution in [3.63, 3.8) is 0 Å². The van der Waals surface area contributed by atoms with Gasteiger partial charge in [0.2, 0.25) is 5.91 Å². The number of nitrogens with zero attached hydrogens (tertiary/aromatic N) is 1. The van der Waals surface area contributed by atoms with Crippen molar-refractivity contribution in [1.29, 1.82) is 0 Å². The van der Waals surface area contributed by atoms with E-state index in [9.17, 15) is 19.4 Å². The fourth-order valence-electron chi connectivity index (χ4n) is 13.4. The molecule has 0 spiro atoms. The van der Waals surface area contributed by atoms with Gasteiger partial charge in [0.15, 0.2) is 0 Å². The molecule has 0 rings (SSSR count). The van der Waals surface area contributed by atoms with Crippen molar-refractivity contribution in [3.8, 4) is 0 Å². The summed E-state index contributed by atoms with van der Waals surface area (Å²) in [6.45, 7) is 4.71. The SMILES string of the molecule is CCCCCCCCCCCCCCCCCCCCCCCCCCC/C=C/CC/C=C/C(O)C(COP(=O)([O-])OCC[N+](C)(C)C)NC(=O)CCCCCCCCCCCCCCCCCCCCCCCCCCCCCCCCCCCCCCCCCC. The maximum atomic E-state index is 13.1. The number of nitrogens with one attached hydrogen (secondary N) is 1. The first-order valence-corrected chi connectivity index (χ1v) is 43.7. The second-order valence-electron chi connectivity index (χ2n) is 30.5. The second kappa shape index (κ2) is 75.2. The van der Waals surface area contributed by atoms with Gasteiger partial charge in [-0.3, -0.25) is 9.36 Å². The van der Waals surface area contributed by atoms with E-state index in [4.69, 9.17) is 9.05 Å². The molecule has 0 bridgehead atoms. The summed E-state index contributed by atoms with van der Waals surface area (Å²) in [5.41, 5.74) is 0. The van der Waals surface area contributed by atoms with E-state index in [0.29, 0.717) is 17.4 Å². The number of quaternary nitrogens is 1. The van der Waals surface area contributed by atoms with E-state index in [1.165, 1.54) is 398 Å². The van der Waals surface area contributed by atoms with Crippen LogP contribution < -0.4 is 10.2 Å². The van der Waals surface area contributed by atoms with E-state index in [1.807, 2.05) is 27.2 Å². The summed E-state index contributed by atoms with van der Waals surface area (Å²) in [4.78, 5) is 25.7. The molecule has 0 aliphatic rings. The van der Waals surface area contributed by atoms with Crippen LogP contribution in [0.5, 0.6) is 0 Å². The average molecular weight is 1330 g/mol. The van der Waals surface area contributed by atoms with E-state index in [-0.39, 0.29) is 19.1 Å². The fourth-order valence-corrected chi connectivity index (χ4v) is 14.1. The summed E-state index contributed by atoms with van der Waals surface area (Å²) in [7, 11) is 1.27. The fraction of sp³-hybridized carbons (Fsp3) is 0.940. The Bertz CT molecular complexity index is 1570. The van der Waals surface area contributed by atoms with Crippen molar-refractivity contribution in [3.05, 3.63) is 24.3 Å². The zero-order valence-corrected chi connectivity index (χ0v) is 64.7. The van der Waals surface area contributed by atoms with Gasteiger partial charge in [0.05, 0.1) is 39.9 Å². The normalized spacial score (nSPS) is 13.5. The summed E-state index contributed by atoms with van der Waals surface area (Å²) < 4.78 is 23.5. The molecule has 0 saturated heterocycles. The largest absolute Gasteiger partial charge is 0.756 e. The van der Waals surface area contributed by atoms with Crippen LogP contribution in [0.25, 0.3) is 0 Å². The van der Waals surface area contributed by atoms with Crippen LogP contribution in [0.15, 0.2) is 24.3 Å². The van der Waals surface area contributed by atoms with Gasteiger partial charge >= 0.3 is 0 Å². The van der Waals surface area contributed by atoms with Crippen molar-refractivity contribution < 1.29 is 32.9 Å². The molecule has 2 N–H and O–H groups in total. The molecule has 0 aromatic rings. The maximum absolute atomic E-state index is 13.1. The number of hydrogen-bond acceptors (Lipinski definition) is 6. The molecule has 3 atom stereocenters. The minimum atomic E-state index is -4.61. The molecule has 93 heavy (non-hydrogen) atoms. The molecule has 554 valence electrons. The smallest absolute Gasteiger partial charge is 0.268 e. The number of aliphatic hydroxyl groups is 1. The van der Waals surface area contributed by atoms with Gasteiger partial charge in [-0.1, -0.05) is 443 Å². The Labute approximate surface area is 583 Å². The van der Waals surface area contributed by atoms with Crippen LogP contribution in [0.2, 0.25) is 0 Å². The average Bonchev–Trinajstić information content (AvgIpc) is 1.92. The molecule has 0 radical (unpaired) electrons. The topological polar surface area (TPSA) is 108 Å². The summed E-state index contributed by atoms with van der Waals surface area (Å²) in [6.07, 6.45) is 101. The first-order valence-electron chi connectivity index (χ1n) is 42.2. The van der Waals surface area contributed by atoms with Crippen molar-refractivity contribution in [1.82, 2.24) is 5.32 Å². The second-order valence-corrected chi connectivity index (χ2v) is 32.0. The van der Waals surface area contributed by atoms with Crippen molar-refractivity contribution in [2.45, 2.75) is 469 Å². The zero-order chi connectivity index (χ0) is 67.6. The van der Waals surface area contributed by atoms with Gasteiger partial charge in [0.25, 0.3) is 7.82 Å². The number of aliphatic hydroxyl groups excluding tert-OH is 1. The number of carbonyl (C=O) groups is 1. The number of phosphoric ester groups is 1. The number of unbranched alkanes of at least 4 members (excludes halogenated alkanes) is 65. The van der Waals surface area contributed by atoms with Crippen molar-refractivity contribution in [2.24, 2.45) is 0 Å². The molecule has 0 aliphatic heterocycles. The number of allylic oxidation sites excluding steroid dienone is 3. The van der Waals surface area contributed by atoms with E-state index in [0.717, 1.165) is 38.5 Å². The van der Waals surface area contributed by atoms with Gasteiger partial charge in [0.1, 0.15) is 13.2 Å². The lowest BCUT2D eigenvalue weighted by Gasteiger charge is -2.29. The minimum absolute atomic E-state index is 0.00321. The summed E-state index contributed by atoms with van der Waals surface area (Å²) in [6, 6.07) is -0.903. The molecule has 0 aromatic carbocycles. The first-order chi connectivity index (χ1) is 45.5. The predicted octanol–water partition coefficient (Wildman–Crippen LogP) is 27.1. The third-order valence-corrected chi connectivity index (χ3v) is 20.9. The summed E-state index contributed by atoms with van der Waals surface area (Å²) >= 11 is 0. The molecule has 0 fully saturated rings. The molecule has 9 heteroatoms. The molecule has 3 unspecified atom stereocenters. The summed E-state index contributed by atoms with van der Waals surface area (Å²) in [5, 5.41) is 14.0. The molecule has 0 aliphatic carbocycles. The number of carbonyl (C=O) groups excluding carboxylic acids is 1. The molecular formula is C84H167N2O6P. The van der Waals surface area contributed by atoms with Gasteiger partial charge in [0, 0.05) is 6.42 Å². The van der Waals surface area contributed by atoms with E-state index < -0.39 is 20.0 Å². The highest BCUT2D eigenvalue weighted by Crippen LogP contribution is 2.38. The van der Waals surface area contributed by atoms with Gasteiger partial charge in [-0.2, -0.15) is 0 Å². The third-order valence-electron chi connectivity index (χ3n) is 19.9. The Balaban J connectivity index is 3.91. The third kappa shape index (κ3) is 78.2. The monoisotopic (exact) mass is 1330 g/mol. The number of rotatable bonds is 80. The number of amides is 1. The van der Waals surface area contributed by atoms with Crippen LogP contribution in [0.4, 0.5) is 0 Å². The van der Waals surface area contributed by atoms with Crippen LogP contribution in [0, 0.1) is 0 Å². The molecule has 1 amide bonds. The Hall–Kier alpha value is -1.02. The van der Waals surface area contributed by atoms with E-state index in [1.54, 1.807) is 6.08 Å². The van der Waals surface area contributed by atoms with Crippen molar-refractivity contribution >= 4 is 13.7 Å². The van der Waals surface area contributed by atoms with Crippen LogP contribution >= 0.6 is 7.82 Å². The van der Waals surface area contributed by atoms with Crippen molar-refractivity contribution in [2.75, 3.05) is 40.9 Å². The summed E-state index contributed by atoms with van der Waals surface area (Å²) in [5.74, 6) is -0.196. The van der Waals surface area contributed by atoms with E-state index in [2.05, 4.69) is 31.3 Å². The Morgan fingerprint density at radius 1 is 0.366 bits per heavy atom. The first kappa shape index (κ1) is 92.0. The molecule has 0 heterocycles. The Kier molecular flexibility index (Phi) is 74.4. The standard InChI is InChI=1S/C84H167N2O6P/c1-6-8-10-12-14-16-18-20-22-24-26-28-30-32-34-36-38-39-40-41-42-43-44-45-46-48-50-52-54-56-58-60-62-64-66-68-70-72-74-76-78-84(88)85-82(81-92-93(89,90)91-80-79-86(3,4)5)83(87)77-75-73-71-69-67-65-63-61-59-57-55-53-51-49-47-37-35-33-31-29-27-25-23-21-19-17-15-13-11-9-7-2/h67,69,75,77,82-83,87H,6-66,68,70-74,76,78-81H2,1-5H3,(H-,85,88,89,90)/b69-67+,77-75+. The van der Waals surface area contributed by atoms with E-state index >= 15 is 0 Å². The van der Waals surface area contributed by atoms with Gasteiger partial charge < -0.3 is 28.8 Å². The molecule has 8 nitrogen and oxygen atoms in total. The molecule has 0 aromatic heterocycles. The lowest BCUT2D eigenvalue weighted by Crippen LogP contribution is -2.45. The highest BCUT2D eigenvalue weighted by Gasteiger charge is 2.23. The number of phosphoric acid groups is 1. The predicted molar refractivity (Wildman–Crippen MR) is 409 cm³/mol. The zero-order valence-electron chi connectivity index (χ0n) is 63.8. The molecule has 0 saturated carbocycles.